The quantitative estimate of drug-likeness (QED) is 0.884. The maximum Gasteiger partial charge on any atom is 0.241 e. The fraction of sp³-hybridized carbons (Fsp3) is 0.200. The number of hydrogen-bond acceptors (Lipinski definition) is 3. The van der Waals surface area contributed by atoms with Crippen LogP contribution in [0.25, 0.3) is 0 Å². The van der Waals surface area contributed by atoms with Crippen LogP contribution in [0.1, 0.15) is 16.7 Å². The topological polar surface area (TPSA) is 72.2 Å². The lowest BCUT2D eigenvalue weighted by Crippen LogP contribution is -2.23. The summed E-state index contributed by atoms with van der Waals surface area (Å²) in [5.41, 5.74) is 8.18. The molecular weight excluding hydrogens is 272 g/mol. The van der Waals surface area contributed by atoms with Crippen LogP contribution >= 0.6 is 0 Å². The molecule has 0 aliphatic heterocycles. The summed E-state index contributed by atoms with van der Waals surface area (Å²) in [7, 11) is -3.48. The van der Waals surface area contributed by atoms with Crippen molar-refractivity contribution in [2.75, 3.05) is 0 Å². The Morgan fingerprint density at radius 3 is 2.20 bits per heavy atom. The molecule has 5 heteroatoms. The first-order valence-electron chi connectivity index (χ1n) is 6.36. The molecule has 0 saturated carbocycles. The van der Waals surface area contributed by atoms with E-state index in [1.54, 1.807) is 25.1 Å². The third-order valence-corrected chi connectivity index (χ3v) is 4.67. The molecule has 0 aliphatic carbocycles. The van der Waals surface area contributed by atoms with Gasteiger partial charge in [-0.1, -0.05) is 42.5 Å². The summed E-state index contributed by atoms with van der Waals surface area (Å²) >= 11 is 0. The normalized spacial score (nSPS) is 11.5. The molecule has 106 valence electrons. The predicted molar refractivity (Wildman–Crippen MR) is 79.5 cm³/mol. The smallest absolute Gasteiger partial charge is 0.241 e. The van der Waals surface area contributed by atoms with Crippen molar-refractivity contribution in [3.63, 3.8) is 0 Å². The van der Waals surface area contributed by atoms with Gasteiger partial charge in [0.15, 0.2) is 0 Å². The van der Waals surface area contributed by atoms with Crippen molar-refractivity contribution in [3.8, 4) is 0 Å². The average molecular weight is 290 g/mol. The molecule has 0 amide bonds. The summed E-state index contributed by atoms with van der Waals surface area (Å²) in [6.45, 7) is 2.53. The Hall–Kier alpha value is -1.69. The summed E-state index contributed by atoms with van der Waals surface area (Å²) < 4.78 is 27.0. The minimum atomic E-state index is -3.48. The average Bonchev–Trinajstić information content (AvgIpc) is 2.46. The molecule has 2 rings (SSSR count). The van der Waals surface area contributed by atoms with E-state index in [1.807, 2.05) is 30.3 Å². The van der Waals surface area contributed by atoms with Gasteiger partial charge in [0, 0.05) is 13.1 Å². The van der Waals surface area contributed by atoms with Gasteiger partial charge in [0.25, 0.3) is 0 Å². The van der Waals surface area contributed by atoms with Gasteiger partial charge in [-0.3, -0.25) is 0 Å². The number of sulfonamides is 1. The van der Waals surface area contributed by atoms with Crippen LogP contribution in [0.2, 0.25) is 0 Å². The van der Waals surface area contributed by atoms with Crippen LogP contribution in [-0.4, -0.2) is 8.42 Å². The summed E-state index contributed by atoms with van der Waals surface area (Å²) in [4.78, 5) is 0.318. The second kappa shape index (κ2) is 6.17. The fourth-order valence-electron chi connectivity index (χ4n) is 1.91. The van der Waals surface area contributed by atoms with Gasteiger partial charge >= 0.3 is 0 Å². The molecule has 3 N–H and O–H groups in total. The zero-order valence-corrected chi connectivity index (χ0v) is 12.2. The van der Waals surface area contributed by atoms with Crippen LogP contribution in [0.15, 0.2) is 53.4 Å². The van der Waals surface area contributed by atoms with Gasteiger partial charge in [0.2, 0.25) is 10.0 Å². The Bertz CT molecular complexity index is 679. The predicted octanol–water partition coefficient (Wildman–Crippen LogP) is 1.93. The van der Waals surface area contributed by atoms with E-state index in [0.717, 1.165) is 16.7 Å². The van der Waals surface area contributed by atoms with E-state index < -0.39 is 10.0 Å². The van der Waals surface area contributed by atoms with Gasteiger partial charge in [-0.15, -0.1) is 0 Å². The number of nitrogens with one attached hydrogen (secondary N) is 1. The minimum absolute atomic E-state index is 0.265. The second-order valence-electron chi connectivity index (χ2n) is 4.61. The summed E-state index contributed by atoms with van der Waals surface area (Å²) in [5.74, 6) is 0. The molecule has 0 spiro atoms. The van der Waals surface area contributed by atoms with Crippen LogP contribution in [0.3, 0.4) is 0 Å². The molecule has 0 bridgehead atoms. The molecule has 0 atom stereocenters. The van der Waals surface area contributed by atoms with Gasteiger partial charge in [-0.05, 0) is 29.7 Å². The minimum Gasteiger partial charge on any atom is -0.326 e. The van der Waals surface area contributed by atoms with E-state index in [1.165, 1.54) is 0 Å². The van der Waals surface area contributed by atoms with Crippen molar-refractivity contribution < 1.29 is 8.42 Å². The monoisotopic (exact) mass is 290 g/mol. The maximum atomic E-state index is 12.2. The van der Waals surface area contributed by atoms with Gasteiger partial charge in [-0.25, -0.2) is 13.1 Å². The van der Waals surface area contributed by atoms with Crippen molar-refractivity contribution in [2.24, 2.45) is 5.73 Å². The van der Waals surface area contributed by atoms with Crippen LogP contribution in [-0.2, 0) is 23.1 Å². The first kappa shape index (κ1) is 14.7. The number of hydrogen-bond donors (Lipinski definition) is 2. The number of aryl methyl sites for hydroxylation is 1. The van der Waals surface area contributed by atoms with Crippen molar-refractivity contribution in [3.05, 3.63) is 65.2 Å². The summed E-state index contributed by atoms with van der Waals surface area (Å²) in [6.07, 6.45) is 0. The third-order valence-electron chi connectivity index (χ3n) is 3.11. The van der Waals surface area contributed by atoms with E-state index in [-0.39, 0.29) is 6.54 Å². The van der Waals surface area contributed by atoms with E-state index in [0.29, 0.717) is 11.4 Å². The van der Waals surface area contributed by atoms with E-state index >= 15 is 0 Å². The second-order valence-corrected chi connectivity index (χ2v) is 6.35. The number of rotatable bonds is 5. The van der Waals surface area contributed by atoms with Crippen LogP contribution in [0, 0.1) is 6.92 Å². The standard InChI is InChI=1S/C15H18N2O2S/c1-12-4-2-3-5-15(12)20(18,19)17-11-14-8-6-13(10-16)7-9-14/h2-9,17H,10-11,16H2,1H3. The van der Waals surface area contributed by atoms with E-state index in [2.05, 4.69) is 4.72 Å². The van der Waals surface area contributed by atoms with Crippen molar-refractivity contribution in [1.29, 1.82) is 0 Å². The maximum absolute atomic E-state index is 12.2. The van der Waals surface area contributed by atoms with E-state index in [4.69, 9.17) is 5.73 Å². The molecular formula is C15H18N2O2S. The molecule has 0 aromatic heterocycles. The van der Waals surface area contributed by atoms with Crippen molar-refractivity contribution in [1.82, 2.24) is 4.72 Å². The molecule has 4 nitrogen and oxygen atoms in total. The van der Waals surface area contributed by atoms with Gasteiger partial charge < -0.3 is 5.73 Å². The van der Waals surface area contributed by atoms with Gasteiger partial charge in [-0.2, -0.15) is 0 Å². The molecule has 0 radical (unpaired) electrons. The van der Waals surface area contributed by atoms with Crippen LogP contribution in [0.5, 0.6) is 0 Å². The Morgan fingerprint density at radius 2 is 1.60 bits per heavy atom. The van der Waals surface area contributed by atoms with Crippen LogP contribution in [0.4, 0.5) is 0 Å². The molecule has 0 fully saturated rings. The zero-order chi connectivity index (χ0) is 14.6. The SMILES string of the molecule is Cc1ccccc1S(=O)(=O)NCc1ccc(CN)cc1. The molecule has 20 heavy (non-hydrogen) atoms. The van der Waals surface area contributed by atoms with Gasteiger partial charge in [0.1, 0.15) is 0 Å². The highest BCUT2D eigenvalue weighted by atomic mass is 32.2. The van der Waals surface area contributed by atoms with Crippen LogP contribution < -0.4 is 10.5 Å². The lowest BCUT2D eigenvalue weighted by atomic mass is 10.1. The number of nitrogens with two attached hydrogens (primary N) is 1. The fourth-order valence-corrected chi connectivity index (χ4v) is 3.17. The molecule has 0 heterocycles. The van der Waals surface area contributed by atoms with Gasteiger partial charge in [0.05, 0.1) is 4.90 Å². The van der Waals surface area contributed by atoms with Crippen molar-refractivity contribution in [2.45, 2.75) is 24.9 Å². The third kappa shape index (κ3) is 3.45. The highest BCUT2D eigenvalue weighted by Gasteiger charge is 2.15. The highest BCUT2D eigenvalue weighted by Crippen LogP contribution is 2.14. The Kier molecular flexibility index (Phi) is 4.54. The Balaban J connectivity index is 2.11. The van der Waals surface area contributed by atoms with Crippen molar-refractivity contribution >= 4 is 10.0 Å². The molecule has 2 aromatic rings. The Morgan fingerprint density at radius 1 is 1.00 bits per heavy atom. The summed E-state index contributed by atoms with van der Waals surface area (Å²) in [5, 5.41) is 0. The Labute approximate surface area is 119 Å². The molecule has 0 unspecified atom stereocenters. The largest absolute Gasteiger partial charge is 0.326 e. The molecule has 0 saturated heterocycles. The summed E-state index contributed by atoms with van der Waals surface area (Å²) in [6, 6.07) is 14.5. The molecule has 2 aromatic carbocycles. The molecule has 0 aliphatic rings. The highest BCUT2D eigenvalue weighted by molar-refractivity contribution is 7.89. The first-order chi connectivity index (χ1) is 9.53. The lowest BCUT2D eigenvalue weighted by molar-refractivity contribution is 0.580. The lowest BCUT2D eigenvalue weighted by Gasteiger charge is -2.09. The number of benzene rings is 2. The van der Waals surface area contributed by atoms with E-state index in [9.17, 15) is 8.42 Å². The first-order valence-corrected chi connectivity index (χ1v) is 7.84. The zero-order valence-electron chi connectivity index (χ0n) is 11.3.